The first kappa shape index (κ1) is 17.7. The molecular weight excluding hydrogens is 328 g/mol. The van der Waals surface area contributed by atoms with Gasteiger partial charge in [0.1, 0.15) is 5.82 Å². The molecule has 3 aliphatic heterocycles. The second-order valence-electron chi connectivity index (χ2n) is 7.90. The first-order valence-corrected chi connectivity index (χ1v) is 9.95. The molecule has 1 amide bonds. The van der Waals surface area contributed by atoms with Gasteiger partial charge in [-0.3, -0.25) is 9.69 Å². The van der Waals surface area contributed by atoms with E-state index < -0.39 is 0 Å². The highest BCUT2D eigenvalue weighted by Crippen LogP contribution is 2.37. The lowest BCUT2D eigenvalue weighted by Crippen LogP contribution is -2.57. The molecule has 0 N–H and O–H groups in total. The zero-order chi connectivity index (χ0) is 18.0. The lowest BCUT2D eigenvalue weighted by molar-refractivity contribution is -0.147. The van der Waals surface area contributed by atoms with Gasteiger partial charge in [-0.15, -0.1) is 0 Å². The van der Waals surface area contributed by atoms with Gasteiger partial charge in [-0.1, -0.05) is 6.07 Å². The summed E-state index contributed by atoms with van der Waals surface area (Å²) in [7, 11) is 0. The number of ether oxygens (including phenoxy) is 1. The zero-order valence-corrected chi connectivity index (χ0v) is 15.8. The highest BCUT2D eigenvalue weighted by atomic mass is 16.5. The molecule has 6 nitrogen and oxygen atoms in total. The van der Waals surface area contributed by atoms with Crippen LogP contribution >= 0.6 is 0 Å². The quantitative estimate of drug-likeness (QED) is 0.806. The van der Waals surface area contributed by atoms with Crippen molar-refractivity contribution in [2.75, 3.05) is 50.8 Å². The van der Waals surface area contributed by atoms with E-state index in [1.807, 2.05) is 17.2 Å². The molecule has 0 radical (unpaired) electrons. The van der Waals surface area contributed by atoms with Gasteiger partial charge < -0.3 is 14.5 Å². The number of hydrogen-bond acceptors (Lipinski definition) is 5. The minimum absolute atomic E-state index is 0.00696. The minimum Gasteiger partial charge on any atom is -0.375 e. The first-order valence-electron chi connectivity index (χ1n) is 9.95. The number of pyridine rings is 1. The number of carbonyl (C=O) groups is 1. The Labute approximate surface area is 156 Å². The Morgan fingerprint density at radius 2 is 1.92 bits per heavy atom. The number of piperidine rings is 1. The normalized spacial score (nSPS) is 26.9. The maximum absolute atomic E-state index is 11.6. The molecule has 3 fully saturated rings. The summed E-state index contributed by atoms with van der Waals surface area (Å²) in [5.74, 6) is 1.28. The molecule has 0 saturated carbocycles. The van der Waals surface area contributed by atoms with Crippen molar-refractivity contribution in [1.29, 1.82) is 0 Å². The van der Waals surface area contributed by atoms with Gasteiger partial charge in [-0.2, -0.15) is 0 Å². The van der Waals surface area contributed by atoms with E-state index in [1.165, 1.54) is 0 Å². The van der Waals surface area contributed by atoms with Crippen molar-refractivity contribution in [2.24, 2.45) is 0 Å². The third kappa shape index (κ3) is 3.71. The van der Waals surface area contributed by atoms with Gasteiger partial charge in [0.2, 0.25) is 5.91 Å². The summed E-state index contributed by atoms with van der Waals surface area (Å²) < 4.78 is 6.26. The predicted octanol–water partition coefficient (Wildman–Crippen LogP) is 1.76. The van der Waals surface area contributed by atoms with E-state index in [0.29, 0.717) is 6.04 Å². The van der Waals surface area contributed by atoms with Gasteiger partial charge in [-0.25, -0.2) is 4.98 Å². The highest BCUT2D eigenvalue weighted by Gasteiger charge is 2.42. The van der Waals surface area contributed by atoms with E-state index in [-0.39, 0.29) is 11.5 Å². The van der Waals surface area contributed by atoms with Crippen LogP contribution < -0.4 is 4.90 Å². The molecule has 1 spiro atoms. The molecule has 4 heterocycles. The van der Waals surface area contributed by atoms with Crippen LogP contribution in [0, 0.1) is 0 Å². The molecule has 3 saturated heterocycles. The topological polar surface area (TPSA) is 48.9 Å². The number of carbonyl (C=O) groups excluding carboxylic acids is 1. The van der Waals surface area contributed by atoms with Crippen molar-refractivity contribution >= 4 is 11.7 Å². The molecule has 3 aliphatic rings. The molecule has 0 aromatic carbocycles. The number of likely N-dealkylation sites (tertiary alicyclic amines) is 1. The molecule has 1 atom stereocenters. The fraction of sp³-hybridized carbons (Fsp3) is 0.700. The zero-order valence-electron chi connectivity index (χ0n) is 15.8. The summed E-state index contributed by atoms with van der Waals surface area (Å²) in [6.45, 7) is 8.48. The van der Waals surface area contributed by atoms with Crippen LogP contribution in [0.25, 0.3) is 0 Å². The van der Waals surface area contributed by atoms with Gasteiger partial charge >= 0.3 is 0 Å². The fourth-order valence-corrected chi connectivity index (χ4v) is 4.75. The monoisotopic (exact) mass is 358 g/mol. The van der Waals surface area contributed by atoms with Gasteiger partial charge in [-0.05, 0) is 37.8 Å². The Hall–Kier alpha value is -1.66. The summed E-state index contributed by atoms with van der Waals surface area (Å²) in [4.78, 5) is 23.1. The largest absolute Gasteiger partial charge is 0.375 e. The number of aromatic nitrogens is 1. The number of piperazine rings is 1. The predicted molar refractivity (Wildman–Crippen MR) is 101 cm³/mol. The van der Waals surface area contributed by atoms with E-state index in [2.05, 4.69) is 26.9 Å². The molecular formula is C20H30N4O2. The van der Waals surface area contributed by atoms with Crippen LogP contribution in [0.1, 0.15) is 32.6 Å². The van der Waals surface area contributed by atoms with Crippen LogP contribution in [-0.2, 0) is 9.53 Å². The molecule has 0 aliphatic carbocycles. The second-order valence-corrected chi connectivity index (χ2v) is 7.90. The summed E-state index contributed by atoms with van der Waals surface area (Å²) in [6.07, 6.45) is 6.08. The van der Waals surface area contributed by atoms with E-state index in [4.69, 9.17) is 4.74 Å². The third-order valence-corrected chi connectivity index (χ3v) is 6.39. The summed E-state index contributed by atoms with van der Waals surface area (Å²) >= 11 is 0. The van der Waals surface area contributed by atoms with Crippen LogP contribution in [-0.4, -0.2) is 78.2 Å². The lowest BCUT2D eigenvalue weighted by atomic mass is 9.81. The van der Waals surface area contributed by atoms with E-state index in [1.54, 1.807) is 6.92 Å². The lowest BCUT2D eigenvalue weighted by Gasteiger charge is -2.49. The van der Waals surface area contributed by atoms with Crippen molar-refractivity contribution in [1.82, 2.24) is 14.8 Å². The van der Waals surface area contributed by atoms with Crippen LogP contribution in [0.5, 0.6) is 0 Å². The van der Waals surface area contributed by atoms with Gasteiger partial charge in [0.25, 0.3) is 0 Å². The third-order valence-electron chi connectivity index (χ3n) is 6.39. The smallest absolute Gasteiger partial charge is 0.219 e. The van der Waals surface area contributed by atoms with E-state index in [9.17, 15) is 4.79 Å². The Kier molecular flexibility index (Phi) is 5.14. The van der Waals surface area contributed by atoms with Gasteiger partial charge in [0, 0.05) is 65.0 Å². The molecule has 1 unspecified atom stereocenters. The highest BCUT2D eigenvalue weighted by molar-refractivity contribution is 5.73. The molecule has 4 rings (SSSR count). The van der Waals surface area contributed by atoms with E-state index >= 15 is 0 Å². The maximum Gasteiger partial charge on any atom is 0.219 e. The Morgan fingerprint density at radius 1 is 1.15 bits per heavy atom. The number of anilines is 1. The first-order chi connectivity index (χ1) is 12.7. The van der Waals surface area contributed by atoms with Crippen LogP contribution in [0.15, 0.2) is 24.4 Å². The minimum atomic E-state index is -0.00696. The molecule has 0 bridgehead atoms. The summed E-state index contributed by atoms with van der Waals surface area (Å²) in [5.41, 5.74) is -0.00696. The second kappa shape index (κ2) is 7.53. The maximum atomic E-state index is 11.6. The molecule has 26 heavy (non-hydrogen) atoms. The Bertz CT molecular complexity index is 607. The average molecular weight is 358 g/mol. The number of hydrogen-bond donors (Lipinski definition) is 0. The van der Waals surface area contributed by atoms with Gasteiger partial charge in [0.15, 0.2) is 0 Å². The van der Waals surface area contributed by atoms with Crippen LogP contribution in [0.3, 0.4) is 0 Å². The SMILES string of the molecule is CC(=O)N1CCC2(CC1)CC(N1CCN(c3ccccn3)CC1)CCO2. The van der Waals surface area contributed by atoms with E-state index in [0.717, 1.165) is 77.4 Å². The summed E-state index contributed by atoms with van der Waals surface area (Å²) in [6, 6.07) is 6.74. The number of rotatable bonds is 2. The molecule has 142 valence electrons. The van der Waals surface area contributed by atoms with Crippen molar-refractivity contribution in [3.63, 3.8) is 0 Å². The molecule has 6 heteroatoms. The molecule has 1 aromatic rings. The van der Waals surface area contributed by atoms with Gasteiger partial charge in [0.05, 0.1) is 5.60 Å². The standard InChI is InChI=1S/C20H30N4O2/c1-17(25)22-9-6-20(7-10-22)16-18(5-15-26-20)23-11-13-24(14-12-23)19-4-2-3-8-21-19/h2-4,8,18H,5-7,9-16H2,1H3. The summed E-state index contributed by atoms with van der Waals surface area (Å²) in [5, 5.41) is 0. The fourth-order valence-electron chi connectivity index (χ4n) is 4.75. The van der Waals surface area contributed by atoms with Crippen molar-refractivity contribution in [3.05, 3.63) is 24.4 Å². The number of nitrogens with zero attached hydrogens (tertiary/aromatic N) is 4. The average Bonchev–Trinajstić information content (AvgIpc) is 2.69. The molecule has 1 aromatic heterocycles. The Morgan fingerprint density at radius 3 is 2.58 bits per heavy atom. The van der Waals surface area contributed by atoms with Crippen molar-refractivity contribution in [2.45, 2.75) is 44.2 Å². The van der Waals surface area contributed by atoms with Crippen molar-refractivity contribution in [3.8, 4) is 0 Å². The Balaban J connectivity index is 1.32. The number of amides is 1. The van der Waals surface area contributed by atoms with Crippen LogP contribution in [0.4, 0.5) is 5.82 Å². The van der Waals surface area contributed by atoms with Crippen LogP contribution in [0.2, 0.25) is 0 Å². The van der Waals surface area contributed by atoms with Crippen molar-refractivity contribution < 1.29 is 9.53 Å².